The Balaban J connectivity index is 3.54. The number of hydrogen-bond donors (Lipinski definition) is 1. The van der Waals surface area contributed by atoms with Gasteiger partial charge < -0.3 is 4.74 Å². The molecular formula is C6H11N5O. The van der Waals surface area contributed by atoms with Crippen LogP contribution in [0.25, 0.3) is 10.4 Å². The van der Waals surface area contributed by atoms with E-state index in [0.29, 0.717) is 13.2 Å². The van der Waals surface area contributed by atoms with Gasteiger partial charge in [-0.25, -0.2) is 0 Å². The molecule has 0 aromatic heterocycles. The van der Waals surface area contributed by atoms with Crippen molar-refractivity contribution in [2.75, 3.05) is 26.8 Å². The van der Waals surface area contributed by atoms with Crippen LogP contribution in [0.4, 0.5) is 0 Å². The first-order valence-corrected chi connectivity index (χ1v) is 3.48. The number of azide groups is 1. The normalized spacial score (nSPS) is 11.3. The van der Waals surface area contributed by atoms with Gasteiger partial charge in [0.25, 0.3) is 0 Å². The van der Waals surface area contributed by atoms with Crippen molar-refractivity contribution in [3.05, 3.63) is 10.4 Å². The number of ether oxygens (including phenoxy) is 1. The summed E-state index contributed by atoms with van der Waals surface area (Å²) < 4.78 is 4.77. The van der Waals surface area contributed by atoms with E-state index in [2.05, 4.69) is 15.3 Å². The van der Waals surface area contributed by atoms with Gasteiger partial charge in [-0.1, -0.05) is 5.11 Å². The van der Waals surface area contributed by atoms with Crippen molar-refractivity contribution in [1.82, 2.24) is 5.32 Å². The monoisotopic (exact) mass is 169 g/mol. The van der Waals surface area contributed by atoms with E-state index in [0.717, 1.165) is 0 Å². The number of nitrogens with zero attached hydrogens (tertiary/aromatic N) is 4. The maximum absolute atomic E-state index is 8.52. The number of hydrogen-bond acceptors (Lipinski definition) is 4. The van der Waals surface area contributed by atoms with Gasteiger partial charge in [0.05, 0.1) is 19.2 Å². The molecule has 0 aromatic carbocycles. The summed E-state index contributed by atoms with van der Waals surface area (Å²) in [7, 11) is 1.58. The summed E-state index contributed by atoms with van der Waals surface area (Å²) in [6, 6.07) is 1.54. The molecule has 1 unspecified atom stereocenters. The zero-order chi connectivity index (χ0) is 9.23. The van der Waals surface area contributed by atoms with Crippen LogP contribution in [-0.4, -0.2) is 32.8 Å². The minimum atomic E-state index is -0.420. The maximum Gasteiger partial charge on any atom is 0.101 e. The van der Waals surface area contributed by atoms with Crippen molar-refractivity contribution in [3.8, 4) is 6.07 Å². The van der Waals surface area contributed by atoms with Crippen molar-refractivity contribution in [2.45, 2.75) is 6.04 Å². The molecule has 0 amide bonds. The lowest BCUT2D eigenvalue weighted by Gasteiger charge is -2.06. The van der Waals surface area contributed by atoms with Gasteiger partial charge in [-0.3, -0.25) is 5.32 Å². The Morgan fingerprint density at radius 3 is 3.08 bits per heavy atom. The van der Waals surface area contributed by atoms with E-state index in [4.69, 9.17) is 15.5 Å². The lowest BCUT2D eigenvalue weighted by Crippen LogP contribution is -2.32. The van der Waals surface area contributed by atoms with Crippen LogP contribution in [0.2, 0.25) is 0 Å². The second kappa shape index (κ2) is 7.82. The third-order valence-corrected chi connectivity index (χ3v) is 1.18. The van der Waals surface area contributed by atoms with Crippen molar-refractivity contribution in [3.63, 3.8) is 0 Å². The lowest BCUT2D eigenvalue weighted by molar-refractivity contribution is 0.198. The second-order valence-electron chi connectivity index (χ2n) is 2.04. The standard InChI is InChI=1S/C6H11N5O/c1-12-3-2-9-6(4-7)5-10-11-8/h6,9H,2-3,5H2,1H3. The fourth-order valence-corrected chi connectivity index (χ4v) is 0.604. The van der Waals surface area contributed by atoms with Gasteiger partial charge in [0.1, 0.15) is 6.04 Å². The van der Waals surface area contributed by atoms with Crippen LogP contribution in [0, 0.1) is 11.3 Å². The smallest absolute Gasteiger partial charge is 0.101 e. The van der Waals surface area contributed by atoms with Gasteiger partial charge in [0.15, 0.2) is 0 Å². The van der Waals surface area contributed by atoms with Gasteiger partial charge >= 0.3 is 0 Å². The molecule has 12 heavy (non-hydrogen) atoms. The summed E-state index contributed by atoms with van der Waals surface area (Å²) in [4.78, 5) is 2.55. The Morgan fingerprint density at radius 2 is 2.58 bits per heavy atom. The molecule has 6 nitrogen and oxygen atoms in total. The Labute approximate surface area is 70.8 Å². The van der Waals surface area contributed by atoms with Crippen LogP contribution in [-0.2, 0) is 4.74 Å². The van der Waals surface area contributed by atoms with Gasteiger partial charge in [-0.2, -0.15) is 5.26 Å². The molecule has 0 saturated carbocycles. The molecule has 66 valence electrons. The third-order valence-electron chi connectivity index (χ3n) is 1.18. The molecular weight excluding hydrogens is 158 g/mol. The average molecular weight is 169 g/mol. The molecule has 0 aliphatic rings. The summed E-state index contributed by atoms with van der Waals surface area (Å²) >= 11 is 0. The third kappa shape index (κ3) is 5.50. The predicted molar refractivity (Wildman–Crippen MR) is 43.3 cm³/mol. The van der Waals surface area contributed by atoms with Gasteiger partial charge in [-0.15, -0.1) is 0 Å². The van der Waals surface area contributed by atoms with E-state index in [9.17, 15) is 0 Å². The summed E-state index contributed by atoms with van der Waals surface area (Å²) in [5, 5.41) is 14.6. The molecule has 0 aromatic rings. The SMILES string of the molecule is COCCNC(C#N)CN=[N+]=[N-]. The highest BCUT2D eigenvalue weighted by Crippen LogP contribution is 1.82. The molecule has 1 N–H and O–H groups in total. The van der Waals surface area contributed by atoms with Crippen molar-refractivity contribution in [2.24, 2.45) is 5.11 Å². The Bertz CT molecular complexity index is 193. The molecule has 0 bridgehead atoms. The minimum Gasteiger partial charge on any atom is -0.383 e. The van der Waals surface area contributed by atoms with E-state index in [1.807, 2.05) is 6.07 Å². The fourth-order valence-electron chi connectivity index (χ4n) is 0.604. The zero-order valence-corrected chi connectivity index (χ0v) is 6.90. The number of nitriles is 1. The molecule has 0 aliphatic heterocycles. The van der Waals surface area contributed by atoms with Crippen molar-refractivity contribution >= 4 is 0 Å². The zero-order valence-electron chi connectivity index (χ0n) is 6.90. The predicted octanol–water partition coefficient (Wildman–Crippen LogP) is 0.425. The van der Waals surface area contributed by atoms with E-state index in [-0.39, 0.29) is 6.54 Å². The van der Waals surface area contributed by atoms with Crippen LogP contribution in [0.1, 0.15) is 0 Å². The highest BCUT2D eigenvalue weighted by atomic mass is 16.5. The number of nitrogens with one attached hydrogen (secondary N) is 1. The largest absolute Gasteiger partial charge is 0.383 e. The number of rotatable bonds is 6. The summed E-state index contributed by atoms with van der Waals surface area (Å²) in [6.07, 6.45) is 0. The van der Waals surface area contributed by atoms with Gasteiger partial charge in [0, 0.05) is 18.6 Å². The second-order valence-corrected chi connectivity index (χ2v) is 2.04. The molecule has 0 saturated heterocycles. The average Bonchev–Trinajstić information content (AvgIpc) is 2.11. The van der Waals surface area contributed by atoms with E-state index in [1.165, 1.54) is 0 Å². The Morgan fingerprint density at radius 1 is 1.83 bits per heavy atom. The first-order valence-electron chi connectivity index (χ1n) is 3.48. The summed E-state index contributed by atoms with van der Waals surface area (Å²) in [5.41, 5.74) is 7.98. The van der Waals surface area contributed by atoms with E-state index < -0.39 is 6.04 Å². The first-order chi connectivity index (χ1) is 5.85. The van der Waals surface area contributed by atoms with Crippen LogP contribution < -0.4 is 5.32 Å². The molecule has 6 heteroatoms. The van der Waals surface area contributed by atoms with Crippen LogP contribution in [0.15, 0.2) is 5.11 Å². The van der Waals surface area contributed by atoms with Crippen LogP contribution >= 0.6 is 0 Å². The quantitative estimate of drug-likeness (QED) is 0.270. The molecule has 1 atom stereocenters. The summed E-state index contributed by atoms with van der Waals surface area (Å²) in [6.45, 7) is 1.26. The molecule has 0 spiro atoms. The lowest BCUT2D eigenvalue weighted by atomic mass is 10.3. The minimum absolute atomic E-state index is 0.150. The van der Waals surface area contributed by atoms with Crippen LogP contribution in [0.3, 0.4) is 0 Å². The topological polar surface area (TPSA) is 93.8 Å². The van der Waals surface area contributed by atoms with Gasteiger partial charge in [0.2, 0.25) is 0 Å². The van der Waals surface area contributed by atoms with E-state index in [1.54, 1.807) is 7.11 Å². The van der Waals surface area contributed by atoms with E-state index >= 15 is 0 Å². The highest BCUT2D eigenvalue weighted by Gasteiger charge is 2.02. The van der Waals surface area contributed by atoms with Crippen LogP contribution in [0.5, 0.6) is 0 Å². The van der Waals surface area contributed by atoms with Gasteiger partial charge in [-0.05, 0) is 5.53 Å². The molecule has 0 rings (SSSR count). The first kappa shape index (κ1) is 10.7. The molecule has 0 aliphatic carbocycles. The molecule has 0 radical (unpaired) electrons. The fraction of sp³-hybridized carbons (Fsp3) is 0.833. The summed E-state index contributed by atoms with van der Waals surface area (Å²) in [5.74, 6) is 0. The number of methoxy groups -OCH3 is 1. The van der Waals surface area contributed by atoms with Crippen molar-refractivity contribution < 1.29 is 4.74 Å². The highest BCUT2D eigenvalue weighted by molar-refractivity contribution is 4.91. The Kier molecular flexibility index (Phi) is 6.99. The molecule has 0 heterocycles. The molecule has 0 fully saturated rings. The van der Waals surface area contributed by atoms with Crippen molar-refractivity contribution in [1.29, 1.82) is 5.26 Å². The maximum atomic E-state index is 8.52. The Hall–Kier alpha value is -1.28.